The highest BCUT2D eigenvalue weighted by Crippen LogP contribution is 2.26. The Morgan fingerprint density at radius 1 is 1.30 bits per heavy atom. The second-order valence-electron chi connectivity index (χ2n) is 8.55. The van der Waals surface area contributed by atoms with Gasteiger partial charge in [0.2, 0.25) is 5.91 Å². The molecule has 0 unspecified atom stereocenters. The first kappa shape index (κ1) is 19.5. The summed E-state index contributed by atoms with van der Waals surface area (Å²) in [5.41, 5.74) is 2.68. The van der Waals surface area contributed by atoms with E-state index in [9.17, 15) is 4.79 Å². The van der Waals surface area contributed by atoms with Crippen LogP contribution in [0.3, 0.4) is 0 Å². The average Bonchev–Trinajstić information content (AvgIpc) is 3.09. The molecule has 3 rings (SSSR count). The lowest BCUT2D eigenvalue weighted by Gasteiger charge is -2.36. The topological polar surface area (TPSA) is 63.9 Å². The molecule has 6 heteroatoms. The Morgan fingerprint density at radius 3 is 2.85 bits per heavy atom. The molecule has 0 aliphatic carbocycles. The molecule has 1 fully saturated rings. The van der Waals surface area contributed by atoms with Crippen molar-refractivity contribution in [2.45, 2.75) is 59.9 Å². The molecular formula is C21H31N5O. The highest BCUT2D eigenvalue weighted by Gasteiger charge is 2.31. The summed E-state index contributed by atoms with van der Waals surface area (Å²) in [5.74, 6) is 0.701. The molecule has 6 nitrogen and oxygen atoms in total. The molecule has 27 heavy (non-hydrogen) atoms. The molecule has 1 atom stereocenters. The Balaban J connectivity index is 1.71. The summed E-state index contributed by atoms with van der Waals surface area (Å²) in [5, 5.41) is 4.39. The third-order valence-corrected chi connectivity index (χ3v) is 5.08. The number of likely N-dealkylation sites (tertiary alicyclic amines) is 1. The summed E-state index contributed by atoms with van der Waals surface area (Å²) in [4.78, 5) is 23.6. The maximum Gasteiger partial charge on any atom is 0.227 e. The summed E-state index contributed by atoms with van der Waals surface area (Å²) in [6, 6.07) is 4.08. The SMILES string of the molecule is CCCn1nccc1-c1cc(C[C@H]2CCCN(C(=O)C(C)(C)C)C2)ncn1. The van der Waals surface area contributed by atoms with Gasteiger partial charge >= 0.3 is 0 Å². The molecule has 0 saturated carbocycles. The van der Waals surface area contributed by atoms with E-state index < -0.39 is 0 Å². The highest BCUT2D eigenvalue weighted by atomic mass is 16.2. The molecule has 1 aliphatic rings. The minimum atomic E-state index is -0.318. The highest BCUT2D eigenvalue weighted by molar-refractivity contribution is 5.81. The predicted octanol–water partition coefficient (Wildman–Crippen LogP) is 3.58. The van der Waals surface area contributed by atoms with Gasteiger partial charge in [0.1, 0.15) is 6.33 Å². The molecule has 146 valence electrons. The monoisotopic (exact) mass is 369 g/mol. The molecule has 2 aromatic rings. The van der Waals surface area contributed by atoms with Crippen molar-refractivity contribution < 1.29 is 4.79 Å². The normalized spacial score (nSPS) is 17.9. The van der Waals surface area contributed by atoms with Gasteiger partial charge < -0.3 is 4.90 Å². The van der Waals surface area contributed by atoms with Crippen LogP contribution in [0, 0.1) is 11.3 Å². The number of aryl methyl sites for hydroxylation is 1. The van der Waals surface area contributed by atoms with Crippen LogP contribution in [0.2, 0.25) is 0 Å². The van der Waals surface area contributed by atoms with Crippen molar-refractivity contribution in [3.8, 4) is 11.4 Å². The van der Waals surface area contributed by atoms with Crippen molar-refractivity contribution in [1.82, 2.24) is 24.6 Å². The number of rotatable bonds is 5. The van der Waals surface area contributed by atoms with Crippen LogP contribution in [0.1, 0.15) is 52.7 Å². The molecule has 1 saturated heterocycles. The number of piperidine rings is 1. The van der Waals surface area contributed by atoms with E-state index in [0.29, 0.717) is 5.92 Å². The van der Waals surface area contributed by atoms with Crippen LogP contribution < -0.4 is 0 Å². The smallest absolute Gasteiger partial charge is 0.227 e. The minimum absolute atomic E-state index is 0.249. The van der Waals surface area contributed by atoms with E-state index in [1.54, 1.807) is 6.33 Å². The first-order valence-electron chi connectivity index (χ1n) is 10.0. The van der Waals surface area contributed by atoms with E-state index in [1.165, 1.54) is 0 Å². The molecule has 0 aromatic carbocycles. The lowest BCUT2D eigenvalue weighted by Crippen LogP contribution is -2.45. The van der Waals surface area contributed by atoms with Gasteiger partial charge in [-0.05, 0) is 43.7 Å². The van der Waals surface area contributed by atoms with Gasteiger partial charge in [0, 0.05) is 36.9 Å². The fourth-order valence-corrected chi connectivity index (χ4v) is 3.78. The van der Waals surface area contributed by atoms with Gasteiger partial charge in [0.25, 0.3) is 0 Å². The number of nitrogens with zero attached hydrogens (tertiary/aromatic N) is 5. The van der Waals surface area contributed by atoms with Crippen molar-refractivity contribution in [3.63, 3.8) is 0 Å². The van der Waals surface area contributed by atoms with E-state index in [0.717, 1.165) is 62.4 Å². The third kappa shape index (κ3) is 4.73. The minimum Gasteiger partial charge on any atom is -0.342 e. The Labute approximate surface area is 162 Å². The van der Waals surface area contributed by atoms with E-state index in [-0.39, 0.29) is 11.3 Å². The fourth-order valence-electron chi connectivity index (χ4n) is 3.78. The third-order valence-electron chi connectivity index (χ3n) is 5.08. The Morgan fingerprint density at radius 2 is 2.11 bits per heavy atom. The molecule has 1 amide bonds. The Bertz CT molecular complexity index is 777. The van der Waals surface area contributed by atoms with Crippen LogP contribution in [0.15, 0.2) is 24.7 Å². The molecule has 2 aromatic heterocycles. The summed E-state index contributed by atoms with van der Waals surface area (Å²) >= 11 is 0. The molecule has 0 bridgehead atoms. The number of hydrogen-bond acceptors (Lipinski definition) is 4. The van der Waals surface area contributed by atoms with E-state index in [4.69, 9.17) is 0 Å². The van der Waals surface area contributed by atoms with Gasteiger partial charge in [-0.3, -0.25) is 9.48 Å². The van der Waals surface area contributed by atoms with Crippen LogP contribution in [-0.4, -0.2) is 43.6 Å². The number of amides is 1. The van der Waals surface area contributed by atoms with Crippen molar-refractivity contribution in [3.05, 3.63) is 30.4 Å². The van der Waals surface area contributed by atoms with E-state index in [1.807, 2.05) is 42.6 Å². The van der Waals surface area contributed by atoms with Crippen LogP contribution in [0.4, 0.5) is 0 Å². The van der Waals surface area contributed by atoms with Crippen molar-refractivity contribution in [2.24, 2.45) is 11.3 Å². The first-order valence-corrected chi connectivity index (χ1v) is 10.0. The summed E-state index contributed by atoms with van der Waals surface area (Å²) in [7, 11) is 0. The Hall–Kier alpha value is -2.24. The molecular weight excluding hydrogens is 338 g/mol. The molecule has 3 heterocycles. The van der Waals surface area contributed by atoms with Gasteiger partial charge in [0.05, 0.1) is 11.4 Å². The zero-order valence-electron chi connectivity index (χ0n) is 17.0. The maximum absolute atomic E-state index is 12.6. The molecule has 0 radical (unpaired) electrons. The number of carbonyl (C=O) groups is 1. The zero-order valence-corrected chi connectivity index (χ0v) is 17.0. The molecule has 0 spiro atoms. The quantitative estimate of drug-likeness (QED) is 0.808. The zero-order chi connectivity index (χ0) is 19.4. The predicted molar refractivity (Wildman–Crippen MR) is 106 cm³/mol. The van der Waals surface area contributed by atoms with E-state index >= 15 is 0 Å². The summed E-state index contributed by atoms with van der Waals surface area (Å²) in [6.45, 7) is 10.7. The van der Waals surface area contributed by atoms with Gasteiger partial charge in [0.15, 0.2) is 0 Å². The van der Waals surface area contributed by atoms with Crippen LogP contribution in [0.5, 0.6) is 0 Å². The van der Waals surface area contributed by atoms with Gasteiger partial charge in [-0.2, -0.15) is 5.10 Å². The lowest BCUT2D eigenvalue weighted by atomic mass is 9.89. The van der Waals surface area contributed by atoms with Crippen molar-refractivity contribution >= 4 is 5.91 Å². The second kappa shape index (κ2) is 8.19. The summed E-state index contributed by atoms with van der Waals surface area (Å²) < 4.78 is 2.00. The average molecular weight is 370 g/mol. The largest absolute Gasteiger partial charge is 0.342 e. The van der Waals surface area contributed by atoms with Crippen molar-refractivity contribution in [2.75, 3.05) is 13.1 Å². The molecule has 0 N–H and O–H groups in total. The summed E-state index contributed by atoms with van der Waals surface area (Å²) in [6.07, 6.45) is 7.59. The van der Waals surface area contributed by atoms with Crippen LogP contribution >= 0.6 is 0 Å². The lowest BCUT2D eigenvalue weighted by molar-refractivity contribution is -0.141. The molecule has 1 aliphatic heterocycles. The van der Waals surface area contributed by atoms with Gasteiger partial charge in [-0.15, -0.1) is 0 Å². The second-order valence-corrected chi connectivity index (χ2v) is 8.55. The number of carbonyl (C=O) groups excluding carboxylic acids is 1. The van der Waals surface area contributed by atoms with Crippen LogP contribution in [0.25, 0.3) is 11.4 Å². The van der Waals surface area contributed by atoms with Crippen LogP contribution in [-0.2, 0) is 17.8 Å². The maximum atomic E-state index is 12.6. The Kier molecular flexibility index (Phi) is 5.92. The fraction of sp³-hybridized carbons (Fsp3) is 0.619. The standard InChI is InChI=1S/C21H31N5O/c1-5-10-26-19(8-9-24-26)18-13-17(22-15-23-18)12-16-7-6-11-25(14-16)20(27)21(2,3)4/h8-9,13,15-16H,5-7,10-12,14H2,1-4H3/t16-/m1/s1. The van der Waals surface area contributed by atoms with Gasteiger partial charge in [-0.25, -0.2) is 9.97 Å². The number of aromatic nitrogens is 4. The van der Waals surface area contributed by atoms with E-state index in [2.05, 4.69) is 28.1 Å². The van der Waals surface area contributed by atoms with Gasteiger partial charge in [-0.1, -0.05) is 27.7 Å². The first-order chi connectivity index (χ1) is 12.9. The number of hydrogen-bond donors (Lipinski definition) is 0. The van der Waals surface area contributed by atoms with Crippen molar-refractivity contribution in [1.29, 1.82) is 0 Å².